The minimum Gasteiger partial charge on any atom is -0.481 e. The molecule has 0 atom stereocenters. The van der Waals surface area contributed by atoms with Crippen molar-refractivity contribution in [2.24, 2.45) is 5.92 Å². The zero-order valence-corrected chi connectivity index (χ0v) is 16.6. The zero-order valence-electron chi connectivity index (χ0n) is 16.6. The maximum Gasteiger partial charge on any atom is 0.306 e. The van der Waals surface area contributed by atoms with Gasteiger partial charge in [0.15, 0.2) is 11.6 Å². The molecular weight excluding hydrogens is 388 g/mol. The number of aliphatic carboxylic acids is 1. The highest BCUT2D eigenvalue weighted by atomic mass is 19.2. The highest BCUT2D eigenvalue weighted by Gasteiger charge is 2.39. The third-order valence-corrected chi connectivity index (χ3v) is 6.21. The van der Waals surface area contributed by atoms with Crippen LogP contribution in [0, 0.1) is 17.6 Å². The largest absolute Gasteiger partial charge is 0.481 e. The summed E-state index contributed by atoms with van der Waals surface area (Å²) in [7, 11) is 0. The van der Waals surface area contributed by atoms with Crippen LogP contribution in [0.3, 0.4) is 0 Å². The molecule has 1 fully saturated rings. The Morgan fingerprint density at radius 3 is 2.63 bits per heavy atom. The Morgan fingerprint density at radius 1 is 1.20 bits per heavy atom. The molecule has 2 heterocycles. The van der Waals surface area contributed by atoms with Gasteiger partial charge in [0.05, 0.1) is 23.1 Å². The van der Waals surface area contributed by atoms with Crippen molar-refractivity contribution in [2.75, 3.05) is 0 Å². The van der Waals surface area contributed by atoms with Crippen molar-refractivity contribution in [1.82, 2.24) is 14.8 Å². The molecule has 5 nitrogen and oxygen atoms in total. The molecule has 7 heteroatoms. The van der Waals surface area contributed by atoms with Gasteiger partial charge in [-0.25, -0.2) is 8.78 Å². The van der Waals surface area contributed by atoms with E-state index in [2.05, 4.69) is 24.0 Å². The molecule has 0 saturated heterocycles. The highest BCUT2D eigenvalue weighted by Crippen LogP contribution is 2.49. The molecule has 0 bridgehead atoms. The Bertz CT molecular complexity index is 1300. The molecular formula is C23H21F2N3O2. The Balaban J connectivity index is 1.82. The summed E-state index contributed by atoms with van der Waals surface area (Å²) in [6.45, 7) is 4.13. The summed E-state index contributed by atoms with van der Waals surface area (Å²) < 4.78 is 29.7. The van der Waals surface area contributed by atoms with Crippen LogP contribution in [0.1, 0.15) is 49.8 Å². The van der Waals surface area contributed by atoms with Crippen LogP contribution in [0.4, 0.5) is 8.78 Å². The van der Waals surface area contributed by atoms with E-state index in [1.54, 1.807) is 12.3 Å². The van der Waals surface area contributed by atoms with E-state index < -0.39 is 17.6 Å². The fourth-order valence-electron chi connectivity index (χ4n) is 4.72. The molecule has 2 aromatic heterocycles. The molecule has 0 amide bonds. The number of rotatable bonds is 4. The van der Waals surface area contributed by atoms with Crippen LogP contribution in [-0.2, 0) is 4.79 Å². The van der Waals surface area contributed by atoms with Gasteiger partial charge in [-0.1, -0.05) is 13.8 Å². The topological polar surface area (TPSA) is 70.9 Å². The number of carboxylic acid groups (broad SMARTS) is 1. The molecule has 4 aromatic rings. The number of H-pyrrole nitrogens is 1. The number of nitrogens with zero attached hydrogens (tertiary/aromatic N) is 2. The van der Waals surface area contributed by atoms with E-state index in [9.17, 15) is 18.7 Å². The Kier molecular flexibility index (Phi) is 4.17. The molecule has 154 valence electrons. The molecule has 1 aliphatic carbocycles. The fourth-order valence-corrected chi connectivity index (χ4v) is 4.72. The quantitative estimate of drug-likeness (QED) is 0.468. The van der Waals surface area contributed by atoms with Crippen molar-refractivity contribution in [3.63, 3.8) is 0 Å². The molecule has 2 aromatic carbocycles. The number of nitrogens with one attached hydrogen (secondary N) is 1. The second-order valence-electron chi connectivity index (χ2n) is 8.42. The Morgan fingerprint density at radius 2 is 1.97 bits per heavy atom. The summed E-state index contributed by atoms with van der Waals surface area (Å²) >= 11 is 0. The van der Waals surface area contributed by atoms with E-state index >= 15 is 0 Å². The maximum absolute atomic E-state index is 14.1. The Labute approximate surface area is 171 Å². The summed E-state index contributed by atoms with van der Waals surface area (Å²) in [6, 6.07) is 7.96. The monoisotopic (exact) mass is 409 g/mol. The lowest BCUT2D eigenvalue weighted by Gasteiger charge is -2.34. The SMILES string of the molecule is CC(C)c1c(C2CC(C(=O)O)C2)c2cc3[nH]ncc3cc2n1-c1ccc(F)c(F)c1. The van der Waals surface area contributed by atoms with Crippen LogP contribution in [-0.4, -0.2) is 25.8 Å². The van der Waals surface area contributed by atoms with Gasteiger partial charge in [0.2, 0.25) is 0 Å². The highest BCUT2D eigenvalue weighted by molar-refractivity contribution is 5.99. The molecule has 0 spiro atoms. The number of hydrogen-bond acceptors (Lipinski definition) is 2. The molecule has 1 saturated carbocycles. The molecule has 1 aliphatic rings. The maximum atomic E-state index is 14.1. The normalized spacial score (nSPS) is 19.0. The van der Waals surface area contributed by atoms with Crippen LogP contribution in [0.2, 0.25) is 0 Å². The third kappa shape index (κ3) is 2.72. The van der Waals surface area contributed by atoms with Gasteiger partial charge in [0.25, 0.3) is 0 Å². The number of benzene rings is 2. The van der Waals surface area contributed by atoms with E-state index in [1.807, 2.05) is 16.7 Å². The lowest BCUT2D eigenvalue weighted by atomic mass is 9.70. The fraction of sp³-hybridized carbons (Fsp3) is 0.304. The van der Waals surface area contributed by atoms with Crippen LogP contribution in [0.5, 0.6) is 0 Å². The van der Waals surface area contributed by atoms with Crippen LogP contribution in [0.15, 0.2) is 36.5 Å². The van der Waals surface area contributed by atoms with Crippen molar-refractivity contribution in [3.05, 3.63) is 59.4 Å². The van der Waals surface area contributed by atoms with E-state index in [1.165, 1.54) is 6.07 Å². The lowest BCUT2D eigenvalue weighted by Crippen LogP contribution is -2.29. The van der Waals surface area contributed by atoms with E-state index in [0.717, 1.165) is 39.1 Å². The standard InChI is InChI=1S/C23H21F2N3O2/c1-11(2)22-21(12-5-13(6-12)23(29)30)16-9-19-14(10-26-27-19)7-20(16)28(22)15-3-4-17(24)18(25)8-15/h3-4,7-13H,5-6H2,1-2H3,(H,26,27)(H,29,30). The van der Waals surface area contributed by atoms with E-state index in [0.29, 0.717) is 18.5 Å². The number of hydrogen-bond donors (Lipinski definition) is 2. The summed E-state index contributed by atoms with van der Waals surface area (Å²) in [5.41, 5.74) is 4.41. The molecule has 30 heavy (non-hydrogen) atoms. The molecule has 0 aliphatic heterocycles. The van der Waals surface area contributed by atoms with Crippen molar-refractivity contribution >= 4 is 27.8 Å². The van der Waals surface area contributed by atoms with Gasteiger partial charge in [0, 0.05) is 28.2 Å². The predicted octanol–water partition coefficient (Wildman–Crippen LogP) is 5.49. The number of aromatic amines is 1. The van der Waals surface area contributed by atoms with Crippen molar-refractivity contribution < 1.29 is 18.7 Å². The predicted molar refractivity (Wildman–Crippen MR) is 110 cm³/mol. The van der Waals surface area contributed by atoms with Crippen molar-refractivity contribution in [2.45, 2.75) is 38.5 Å². The van der Waals surface area contributed by atoms with Gasteiger partial charge < -0.3 is 9.67 Å². The average molecular weight is 409 g/mol. The first-order valence-corrected chi connectivity index (χ1v) is 10.0. The van der Waals surface area contributed by atoms with Gasteiger partial charge in [-0.05, 0) is 54.5 Å². The van der Waals surface area contributed by atoms with E-state index in [-0.39, 0.29) is 17.8 Å². The smallest absolute Gasteiger partial charge is 0.306 e. The van der Waals surface area contributed by atoms with Crippen molar-refractivity contribution in [3.8, 4) is 5.69 Å². The van der Waals surface area contributed by atoms with Crippen LogP contribution < -0.4 is 0 Å². The minimum atomic E-state index is -0.899. The minimum absolute atomic E-state index is 0.0980. The molecule has 0 unspecified atom stereocenters. The van der Waals surface area contributed by atoms with Gasteiger partial charge >= 0.3 is 5.97 Å². The first-order chi connectivity index (χ1) is 14.3. The van der Waals surface area contributed by atoms with Gasteiger partial charge in [0.1, 0.15) is 0 Å². The second kappa shape index (κ2) is 6.65. The number of carboxylic acids is 1. The first kappa shape index (κ1) is 18.8. The van der Waals surface area contributed by atoms with Crippen LogP contribution >= 0.6 is 0 Å². The van der Waals surface area contributed by atoms with Gasteiger partial charge in [-0.2, -0.15) is 5.10 Å². The molecule has 5 rings (SSSR count). The van der Waals surface area contributed by atoms with Crippen LogP contribution in [0.25, 0.3) is 27.5 Å². The summed E-state index contributed by atoms with van der Waals surface area (Å²) in [5.74, 6) is -2.68. The van der Waals surface area contributed by atoms with Crippen molar-refractivity contribution in [1.29, 1.82) is 0 Å². The van der Waals surface area contributed by atoms with E-state index in [4.69, 9.17) is 0 Å². The lowest BCUT2D eigenvalue weighted by molar-refractivity contribution is -0.145. The number of fused-ring (bicyclic) bond motifs is 2. The molecule has 0 radical (unpaired) electrons. The first-order valence-electron chi connectivity index (χ1n) is 10.0. The summed E-state index contributed by atoms with van der Waals surface area (Å²) in [4.78, 5) is 11.4. The zero-order chi connectivity index (χ0) is 21.2. The average Bonchev–Trinajstić information content (AvgIpc) is 3.23. The van der Waals surface area contributed by atoms with Gasteiger partial charge in [-0.15, -0.1) is 0 Å². The van der Waals surface area contributed by atoms with Gasteiger partial charge in [-0.3, -0.25) is 9.89 Å². The summed E-state index contributed by atoms with van der Waals surface area (Å²) in [5, 5.41) is 18.4. The third-order valence-electron chi connectivity index (χ3n) is 6.21. The second-order valence-corrected chi connectivity index (χ2v) is 8.42. The Hall–Kier alpha value is -3.22. The number of aromatic nitrogens is 3. The summed E-state index contributed by atoms with van der Waals surface area (Å²) in [6.07, 6.45) is 2.88. The molecule has 2 N–H and O–H groups in total. The number of halogens is 2. The number of carbonyl (C=O) groups is 1.